The summed E-state index contributed by atoms with van der Waals surface area (Å²) < 4.78 is 0.890. The molecular formula is C12H17BrN2S. The van der Waals surface area contributed by atoms with Gasteiger partial charge in [-0.3, -0.25) is 5.41 Å². The van der Waals surface area contributed by atoms with Gasteiger partial charge in [0.2, 0.25) is 0 Å². The molecule has 0 bridgehead atoms. The predicted octanol–water partition coefficient (Wildman–Crippen LogP) is 3.87. The van der Waals surface area contributed by atoms with Crippen molar-refractivity contribution in [2.24, 2.45) is 11.7 Å². The van der Waals surface area contributed by atoms with Crippen molar-refractivity contribution in [3.05, 3.63) is 28.2 Å². The van der Waals surface area contributed by atoms with Crippen molar-refractivity contribution in [3.8, 4) is 0 Å². The normalized spacial score (nSPS) is 12.8. The maximum atomic E-state index is 7.40. The summed E-state index contributed by atoms with van der Waals surface area (Å²) in [6.45, 7) is 6.66. The number of thioether (sulfide) groups is 1. The third-order valence-electron chi connectivity index (χ3n) is 2.49. The zero-order valence-corrected chi connectivity index (χ0v) is 12.2. The summed E-state index contributed by atoms with van der Waals surface area (Å²) in [5.41, 5.74) is 6.21. The highest BCUT2D eigenvalue weighted by molar-refractivity contribution is 9.10. The molecule has 1 aromatic carbocycles. The molecule has 0 aliphatic rings. The van der Waals surface area contributed by atoms with Gasteiger partial charge in [-0.05, 0) is 40.0 Å². The zero-order valence-electron chi connectivity index (χ0n) is 9.75. The first kappa shape index (κ1) is 13.6. The van der Waals surface area contributed by atoms with Crippen molar-refractivity contribution in [3.63, 3.8) is 0 Å². The van der Waals surface area contributed by atoms with Crippen LogP contribution in [0, 0.1) is 11.3 Å². The van der Waals surface area contributed by atoms with Crippen LogP contribution in [0.25, 0.3) is 0 Å². The third kappa shape index (κ3) is 3.52. The van der Waals surface area contributed by atoms with Gasteiger partial charge in [0, 0.05) is 20.2 Å². The number of nitrogen functional groups attached to an aromatic ring is 1. The van der Waals surface area contributed by atoms with E-state index in [4.69, 9.17) is 11.1 Å². The fourth-order valence-electron chi connectivity index (χ4n) is 1.14. The second kappa shape index (κ2) is 5.73. The molecule has 1 aromatic rings. The van der Waals surface area contributed by atoms with E-state index in [2.05, 4.69) is 36.7 Å². The summed E-state index contributed by atoms with van der Waals surface area (Å²) in [6.07, 6.45) is 0. The number of amidine groups is 1. The lowest BCUT2D eigenvalue weighted by atomic mass is 10.2. The van der Waals surface area contributed by atoms with Gasteiger partial charge in [-0.2, -0.15) is 0 Å². The molecule has 0 amide bonds. The number of hydrogen-bond donors (Lipinski definition) is 2. The lowest BCUT2D eigenvalue weighted by Crippen LogP contribution is -2.11. The summed E-state index contributed by atoms with van der Waals surface area (Å²) in [5.74, 6) is 0.747. The SMILES string of the molecule is CC(C)C(C)Sc1ccc(C(=N)N)c(Br)c1. The number of nitrogens with two attached hydrogens (primary N) is 1. The predicted molar refractivity (Wildman–Crippen MR) is 75.3 cm³/mol. The minimum atomic E-state index is 0.0975. The summed E-state index contributed by atoms with van der Waals surface area (Å²) in [6, 6.07) is 5.94. The van der Waals surface area contributed by atoms with Crippen molar-refractivity contribution in [1.29, 1.82) is 5.41 Å². The van der Waals surface area contributed by atoms with E-state index in [0.29, 0.717) is 11.2 Å². The largest absolute Gasteiger partial charge is 0.384 e. The van der Waals surface area contributed by atoms with E-state index in [0.717, 1.165) is 10.0 Å². The van der Waals surface area contributed by atoms with Gasteiger partial charge in [-0.25, -0.2) is 0 Å². The second-order valence-electron chi connectivity index (χ2n) is 4.12. The molecule has 0 fully saturated rings. The van der Waals surface area contributed by atoms with Gasteiger partial charge < -0.3 is 5.73 Å². The van der Waals surface area contributed by atoms with E-state index in [9.17, 15) is 0 Å². The number of benzene rings is 1. The van der Waals surface area contributed by atoms with Gasteiger partial charge in [-0.15, -0.1) is 11.8 Å². The van der Waals surface area contributed by atoms with E-state index < -0.39 is 0 Å². The fraction of sp³-hybridized carbons (Fsp3) is 0.417. The van der Waals surface area contributed by atoms with Crippen molar-refractivity contribution >= 4 is 33.5 Å². The highest BCUT2D eigenvalue weighted by Gasteiger charge is 2.10. The van der Waals surface area contributed by atoms with Crippen LogP contribution in [0.2, 0.25) is 0 Å². The molecule has 0 heterocycles. The highest BCUT2D eigenvalue weighted by Crippen LogP contribution is 2.30. The molecule has 0 saturated carbocycles. The Hall–Kier alpha value is -0.480. The Morgan fingerprint density at radius 3 is 2.44 bits per heavy atom. The molecule has 0 aliphatic carbocycles. The Labute approximate surface area is 110 Å². The van der Waals surface area contributed by atoms with Crippen LogP contribution in [0.5, 0.6) is 0 Å². The number of rotatable bonds is 4. The van der Waals surface area contributed by atoms with Crippen molar-refractivity contribution in [1.82, 2.24) is 0 Å². The zero-order chi connectivity index (χ0) is 12.3. The lowest BCUT2D eigenvalue weighted by Gasteiger charge is -2.15. The van der Waals surface area contributed by atoms with Gasteiger partial charge >= 0.3 is 0 Å². The second-order valence-corrected chi connectivity index (χ2v) is 6.43. The van der Waals surface area contributed by atoms with Crippen molar-refractivity contribution in [2.45, 2.75) is 30.9 Å². The molecular weight excluding hydrogens is 284 g/mol. The van der Waals surface area contributed by atoms with E-state index in [1.165, 1.54) is 4.90 Å². The molecule has 1 atom stereocenters. The molecule has 0 saturated heterocycles. The molecule has 0 aliphatic heterocycles. The maximum Gasteiger partial charge on any atom is 0.123 e. The average molecular weight is 301 g/mol. The molecule has 0 spiro atoms. The van der Waals surface area contributed by atoms with Gasteiger partial charge in [-0.1, -0.05) is 20.8 Å². The quantitative estimate of drug-likeness (QED) is 0.504. The Kier molecular flexibility index (Phi) is 4.87. The van der Waals surface area contributed by atoms with Crippen LogP contribution >= 0.6 is 27.7 Å². The highest BCUT2D eigenvalue weighted by atomic mass is 79.9. The van der Waals surface area contributed by atoms with E-state index >= 15 is 0 Å². The van der Waals surface area contributed by atoms with Crippen molar-refractivity contribution < 1.29 is 0 Å². The van der Waals surface area contributed by atoms with Crippen LogP contribution in [0.3, 0.4) is 0 Å². The number of nitrogens with one attached hydrogen (secondary N) is 1. The molecule has 16 heavy (non-hydrogen) atoms. The Bertz CT molecular complexity index is 391. The van der Waals surface area contributed by atoms with Crippen molar-refractivity contribution in [2.75, 3.05) is 0 Å². The minimum absolute atomic E-state index is 0.0975. The van der Waals surface area contributed by atoms with E-state index in [-0.39, 0.29) is 5.84 Å². The maximum absolute atomic E-state index is 7.40. The van der Waals surface area contributed by atoms with Gasteiger partial charge in [0.25, 0.3) is 0 Å². The number of halogens is 1. The summed E-state index contributed by atoms with van der Waals surface area (Å²) in [4.78, 5) is 1.21. The van der Waals surface area contributed by atoms with Crippen LogP contribution in [0.15, 0.2) is 27.6 Å². The molecule has 2 nitrogen and oxygen atoms in total. The van der Waals surface area contributed by atoms with Gasteiger partial charge in [0.05, 0.1) is 0 Å². The lowest BCUT2D eigenvalue weighted by molar-refractivity contribution is 0.642. The Balaban J connectivity index is 2.85. The van der Waals surface area contributed by atoms with Crippen LogP contribution in [0.4, 0.5) is 0 Å². The van der Waals surface area contributed by atoms with E-state index in [1.807, 2.05) is 30.0 Å². The van der Waals surface area contributed by atoms with Crippen LogP contribution < -0.4 is 5.73 Å². The van der Waals surface area contributed by atoms with Crippen LogP contribution in [-0.2, 0) is 0 Å². The Morgan fingerprint density at radius 2 is 2.00 bits per heavy atom. The number of hydrogen-bond acceptors (Lipinski definition) is 2. The Morgan fingerprint density at radius 1 is 1.38 bits per heavy atom. The molecule has 1 unspecified atom stereocenters. The molecule has 0 aromatic heterocycles. The smallest absolute Gasteiger partial charge is 0.123 e. The summed E-state index contributed by atoms with van der Waals surface area (Å²) in [7, 11) is 0. The third-order valence-corrected chi connectivity index (χ3v) is 4.59. The summed E-state index contributed by atoms with van der Waals surface area (Å²) >= 11 is 5.29. The van der Waals surface area contributed by atoms with Crippen LogP contribution in [-0.4, -0.2) is 11.1 Å². The first-order valence-electron chi connectivity index (χ1n) is 5.22. The first-order valence-corrected chi connectivity index (χ1v) is 6.89. The minimum Gasteiger partial charge on any atom is -0.384 e. The molecule has 4 heteroatoms. The molecule has 1 rings (SSSR count). The fourth-order valence-corrected chi connectivity index (χ4v) is 2.92. The monoisotopic (exact) mass is 300 g/mol. The molecule has 88 valence electrons. The molecule has 0 radical (unpaired) electrons. The van der Waals surface area contributed by atoms with Gasteiger partial charge in [0.15, 0.2) is 0 Å². The van der Waals surface area contributed by atoms with E-state index in [1.54, 1.807) is 0 Å². The summed E-state index contributed by atoms with van der Waals surface area (Å²) in [5, 5.41) is 7.98. The average Bonchev–Trinajstić information content (AvgIpc) is 2.16. The topological polar surface area (TPSA) is 49.9 Å². The standard InChI is InChI=1S/C12H17BrN2S/c1-7(2)8(3)16-9-4-5-10(12(14)15)11(13)6-9/h4-8H,1-3H3,(H3,14,15). The van der Waals surface area contributed by atoms with Gasteiger partial charge in [0.1, 0.15) is 5.84 Å². The molecule has 3 N–H and O–H groups in total. The van der Waals surface area contributed by atoms with Crippen LogP contribution in [0.1, 0.15) is 26.3 Å². The first-order chi connectivity index (χ1) is 7.41.